The summed E-state index contributed by atoms with van der Waals surface area (Å²) in [5.74, 6) is -0.881. The molecule has 0 unspecified atom stereocenters. The molecule has 4 rings (SSSR count). The number of carbonyl (C=O) groups excluding carboxylic acids is 1. The van der Waals surface area contributed by atoms with Gasteiger partial charge in [-0.15, -0.1) is 0 Å². The average molecular weight is 418 g/mol. The minimum atomic E-state index is -1.73. The summed E-state index contributed by atoms with van der Waals surface area (Å²) in [6.45, 7) is 2.38. The second kappa shape index (κ2) is 8.47. The van der Waals surface area contributed by atoms with Crippen LogP contribution in [0.5, 0.6) is 0 Å². The van der Waals surface area contributed by atoms with E-state index in [1.54, 1.807) is 23.1 Å². The fourth-order valence-corrected chi connectivity index (χ4v) is 4.44. The van der Waals surface area contributed by atoms with Gasteiger partial charge in [-0.05, 0) is 23.6 Å². The van der Waals surface area contributed by atoms with Crippen LogP contribution in [0.15, 0.2) is 91.0 Å². The highest BCUT2D eigenvalue weighted by Crippen LogP contribution is 2.51. The van der Waals surface area contributed by atoms with E-state index in [4.69, 9.17) is 11.6 Å². The van der Waals surface area contributed by atoms with E-state index in [1.807, 2.05) is 79.7 Å². The van der Waals surface area contributed by atoms with Crippen molar-refractivity contribution in [3.8, 4) is 0 Å². The Morgan fingerprint density at radius 2 is 1.67 bits per heavy atom. The summed E-state index contributed by atoms with van der Waals surface area (Å²) in [6, 6.07) is 24.8. The lowest BCUT2D eigenvalue weighted by molar-refractivity contribution is -0.137. The minimum Gasteiger partial charge on any atom is -0.374 e. The quantitative estimate of drug-likeness (QED) is 0.513. The highest BCUT2D eigenvalue weighted by atomic mass is 35.5. The summed E-state index contributed by atoms with van der Waals surface area (Å²) in [4.78, 5) is 15.4. The largest absolute Gasteiger partial charge is 0.374 e. The number of halogens is 1. The van der Waals surface area contributed by atoms with Crippen LogP contribution in [0.2, 0.25) is 5.02 Å². The molecule has 1 aliphatic heterocycles. The van der Waals surface area contributed by atoms with Crippen LogP contribution in [0.25, 0.3) is 0 Å². The third-order valence-corrected chi connectivity index (χ3v) is 5.90. The van der Waals surface area contributed by atoms with E-state index in [9.17, 15) is 9.90 Å². The van der Waals surface area contributed by atoms with Crippen molar-refractivity contribution in [3.63, 3.8) is 0 Å². The molecule has 0 saturated carbocycles. The number of aliphatic hydroxyl groups is 1. The van der Waals surface area contributed by atoms with E-state index >= 15 is 0 Å². The van der Waals surface area contributed by atoms with Crippen molar-refractivity contribution >= 4 is 23.2 Å². The molecule has 0 radical (unpaired) electrons. The SMILES string of the molecule is CC/C=C/[C@@H](c1ccccc1)[C@]1(O)C(=O)N(Cc2ccccc2)c2c(Cl)cccc21. The molecule has 0 bridgehead atoms. The highest BCUT2D eigenvalue weighted by Gasteiger charge is 2.55. The van der Waals surface area contributed by atoms with Crippen molar-refractivity contribution in [1.82, 2.24) is 0 Å². The lowest BCUT2D eigenvalue weighted by Crippen LogP contribution is -2.44. The number of carbonyl (C=O) groups is 1. The predicted octanol–water partition coefficient (Wildman–Crippen LogP) is 5.82. The summed E-state index contributed by atoms with van der Waals surface area (Å²) < 4.78 is 0. The molecule has 0 fully saturated rings. The third kappa shape index (κ3) is 3.45. The molecule has 0 saturated heterocycles. The Bertz CT molecular complexity index is 1060. The zero-order chi connectivity index (χ0) is 21.1. The number of hydrogen-bond acceptors (Lipinski definition) is 2. The van der Waals surface area contributed by atoms with Gasteiger partial charge in [0.25, 0.3) is 5.91 Å². The maximum absolute atomic E-state index is 13.8. The van der Waals surface area contributed by atoms with Crippen LogP contribution in [0.4, 0.5) is 5.69 Å². The third-order valence-electron chi connectivity index (χ3n) is 5.60. The molecular formula is C26H24ClNO2. The van der Waals surface area contributed by atoms with Gasteiger partial charge < -0.3 is 10.0 Å². The molecule has 0 aromatic heterocycles. The Morgan fingerprint density at radius 3 is 2.33 bits per heavy atom. The number of anilines is 1. The van der Waals surface area contributed by atoms with Gasteiger partial charge in [0.2, 0.25) is 0 Å². The molecule has 30 heavy (non-hydrogen) atoms. The van der Waals surface area contributed by atoms with Crippen LogP contribution >= 0.6 is 11.6 Å². The fraction of sp³-hybridized carbons (Fsp3) is 0.192. The highest BCUT2D eigenvalue weighted by molar-refractivity contribution is 6.35. The Hall–Kier alpha value is -2.88. The predicted molar refractivity (Wildman–Crippen MR) is 122 cm³/mol. The van der Waals surface area contributed by atoms with E-state index in [2.05, 4.69) is 0 Å². The van der Waals surface area contributed by atoms with E-state index in [0.717, 1.165) is 17.5 Å². The van der Waals surface area contributed by atoms with Gasteiger partial charge in [-0.2, -0.15) is 0 Å². The lowest BCUT2D eigenvalue weighted by Gasteiger charge is -2.30. The van der Waals surface area contributed by atoms with Gasteiger partial charge in [0.05, 0.1) is 17.3 Å². The molecule has 1 heterocycles. The number of benzene rings is 3. The first-order chi connectivity index (χ1) is 14.6. The molecule has 1 aliphatic rings. The van der Waals surface area contributed by atoms with E-state index in [1.165, 1.54) is 0 Å². The smallest absolute Gasteiger partial charge is 0.265 e. The second-order valence-corrected chi connectivity index (χ2v) is 7.91. The molecule has 0 spiro atoms. The zero-order valence-corrected chi connectivity index (χ0v) is 17.6. The number of allylic oxidation sites excluding steroid dienone is 1. The Balaban J connectivity index is 1.87. The van der Waals surface area contributed by atoms with Crippen LogP contribution in [0.1, 0.15) is 36.0 Å². The monoisotopic (exact) mass is 417 g/mol. The fourth-order valence-electron chi connectivity index (χ4n) is 4.16. The van der Waals surface area contributed by atoms with Crippen molar-refractivity contribution < 1.29 is 9.90 Å². The van der Waals surface area contributed by atoms with Gasteiger partial charge in [-0.3, -0.25) is 4.79 Å². The number of nitrogens with zero attached hydrogens (tertiary/aromatic N) is 1. The van der Waals surface area contributed by atoms with Crippen molar-refractivity contribution in [1.29, 1.82) is 0 Å². The number of amides is 1. The molecular weight excluding hydrogens is 394 g/mol. The molecule has 2 atom stereocenters. The van der Waals surface area contributed by atoms with Crippen molar-refractivity contribution in [3.05, 3.63) is 113 Å². The van der Waals surface area contributed by atoms with Crippen LogP contribution in [-0.2, 0) is 16.9 Å². The molecule has 1 N–H and O–H groups in total. The molecule has 1 amide bonds. The van der Waals surface area contributed by atoms with Crippen LogP contribution in [0, 0.1) is 0 Å². The van der Waals surface area contributed by atoms with Crippen molar-refractivity contribution in [2.45, 2.75) is 31.4 Å². The summed E-state index contributed by atoms with van der Waals surface area (Å²) >= 11 is 6.56. The normalized spacial score (nSPS) is 19.3. The topological polar surface area (TPSA) is 40.5 Å². The van der Waals surface area contributed by atoms with Gasteiger partial charge in [-0.25, -0.2) is 0 Å². The Labute approximate surface area is 182 Å². The van der Waals surface area contributed by atoms with Crippen LogP contribution in [-0.4, -0.2) is 11.0 Å². The summed E-state index contributed by atoms with van der Waals surface area (Å²) in [7, 11) is 0. The first-order valence-corrected chi connectivity index (χ1v) is 10.5. The number of rotatable bonds is 6. The van der Waals surface area contributed by atoms with Gasteiger partial charge in [0, 0.05) is 11.5 Å². The average Bonchev–Trinajstić information content (AvgIpc) is 2.99. The molecule has 152 valence electrons. The first kappa shape index (κ1) is 20.4. The number of hydrogen-bond donors (Lipinski definition) is 1. The zero-order valence-electron chi connectivity index (χ0n) is 16.8. The van der Waals surface area contributed by atoms with Crippen molar-refractivity contribution in [2.24, 2.45) is 0 Å². The van der Waals surface area contributed by atoms with Crippen LogP contribution in [0.3, 0.4) is 0 Å². The van der Waals surface area contributed by atoms with E-state index in [0.29, 0.717) is 22.8 Å². The summed E-state index contributed by atoms with van der Waals surface area (Å²) in [5, 5.41) is 12.5. The molecule has 3 aromatic rings. The first-order valence-electron chi connectivity index (χ1n) is 10.2. The minimum absolute atomic E-state index is 0.345. The van der Waals surface area contributed by atoms with E-state index in [-0.39, 0.29) is 5.91 Å². The maximum atomic E-state index is 13.8. The van der Waals surface area contributed by atoms with Gasteiger partial charge >= 0.3 is 0 Å². The van der Waals surface area contributed by atoms with Gasteiger partial charge in [0.15, 0.2) is 5.60 Å². The standard InChI is InChI=1S/C26H24ClNO2/c1-2-3-15-21(20-13-8-5-9-14-20)26(30)22-16-10-17-23(27)24(22)28(25(26)29)18-19-11-6-4-7-12-19/h3-17,21,30H,2,18H2,1H3/b15-3+/t21-,26+/m0/s1. The molecule has 4 heteroatoms. The molecule has 3 nitrogen and oxygen atoms in total. The number of para-hydroxylation sites is 1. The summed E-state index contributed by atoms with van der Waals surface area (Å²) in [5.41, 5.74) is 1.25. The number of fused-ring (bicyclic) bond motifs is 1. The lowest BCUT2D eigenvalue weighted by atomic mass is 9.77. The maximum Gasteiger partial charge on any atom is 0.265 e. The molecule has 0 aliphatic carbocycles. The summed E-state index contributed by atoms with van der Waals surface area (Å²) in [6.07, 6.45) is 4.74. The molecule has 3 aromatic carbocycles. The Morgan fingerprint density at radius 1 is 1.00 bits per heavy atom. The van der Waals surface area contributed by atoms with Crippen LogP contribution < -0.4 is 4.90 Å². The van der Waals surface area contributed by atoms with Gasteiger partial charge in [0.1, 0.15) is 0 Å². The van der Waals surface area contributed by atoms with E-state index < -0.39 is 11.5 Å². The second-order valence-electron chi connectivity index (χ2n) is 7.50. The van der Waals surface area contributed by atoms with Crippen molar-refractivity contribution in [2.75, 3.05) is 4.90 Å². The van der Waals surface area contributed by atoms with Gasteiger partial charge in [-0.1, -0.05) is 103 Å². The Kier molecular flexibility index (Phi) is 5.76.